The minimum absolute atomic E-state index is 0.210. The Labute approximate surface area is 226 Å². The summed E-state index contributed by atoms with van der Waals surface area (Å²) in [5.74, 6) is 0. The van der Waals surface area contributed by atoms with Gasteiger partial charge in [-0.1, -0.05) is 24.3 Å². The van der Waals surface area contributed by atoms with Crippen LogP contribution in [0.25, 0.3) is 22.3 Å². The first-order valence-corrected chi connectivity index (χ1v) is 14.4. The fraction of sp³-hybridized carbons (Fsp3) is 0.321. The number of aryl methyl sites for hydroxylation is 1. The topological polar surface area (TPSA) is 124 Å². The second-order valence-corrected chi connectivity index (χ2v) is 11.5. The second kappa shape index (κ2) is 10.6. The Bertz CT molecular complexity index is 1770. The summed E-state index contributed by atoms with van der Waals surface area (Å²) in [4.78, 5) is 31.1. The smallest absolute Gasteiger partial charge is 0.331 e. The summed E-state index contributed by atoms with van der Waals surface area (Å²) >= 11 is 0. The molecule has 2 aromatic carbocycles. The van der Waals surface area contributed by atoms with Crippen molar-refractivity contribution in [3.05, 3.63) is 86.6 Å². The molecule has 0 unspecified atom stereocenters. The van der Waals surface area contributed by atoms with Gasteiger partial charge >= 0.3 is 5.69 Å². The van der Waals surface area contributed by atoms with Crippen LogP contribution < -0.4 is 11.2 Å². The average Bonchev–Trinajstić information content (AvgIpc) is 3.40. The number of piperazine rings is 1. The quantitative estimate of drug-likeness (QED) is 0.380. The van der Waals surface area contributed by atoms with Crippen LogP contribution in [0, 0.1) is 11.3 Å². The van der Waals surface area contributed by atoms with Crippen molar-refractivity contribution in [3.63, 3.8) is 0 Å². The van der Waals surface area contributed by atoms with E-state index in [1.54, 1.807) is 54.0 Å². The first-order chi connectivity index (χ1) is 18.8. The maximum absolute atomic E-state index is 13.3. The van der Waals surface area contributed by atoms with Gasteiger partial charge in [-0.05, 0) is 55.3 Å². The van der Waals surface area contributed by atoms with E-state index >= 15 is 0 Å². The van der Waals surface area contributed by atoms with Gasteiger partial charge in [0.05, 0.1) is 22.0 Å². The third-order valence-corrected chi connectivity index (χ3v) is 9.18. The molecule has 0 spiro atoms. The Morgan fingerprint density at radius 2 is 1.54 bits per heavy atom. The van der Waals surface area contributed by atoms with E-state index in [-0.39, 0.29) is 22.7 Å². The third-order valence-electron chi connectivity index (χ3n) is 7.26. The van der Waals surface area contributed by atoms with Crippen molar-refractivity contribution in [2.24, 2.45) is 0 Å². The lowest BCUT2D eigenvalue weighted by Crippen LogP contribution is -2.48. The van der Waals surface area contributed by atoms with Crippen molar-refractivity contribution >= 4 is 21.1 Å². The lowest BCUT2D eigenvalue weighted by Gasteiger charge is -2.34. The summed E-state index contributed by atoms with van der Waals surface area (Å²) in [7, 11) is -3.66. The van der Waals surface area contributed by atoms with E-state index in [1.165, 1.54) is 8.87 Å². The highest BCUT2D eigenvalue weighted by atomic mass is 32.2. The number of hydrogen-bond acceptors (Lipinski definition) is 6. The molecule has 0 atom stereocenters. The summed E-state index contributed by atoms with van der Waals surface area (Å²) < 4.78 is 30.9. The van der Waals surface area contributed by atoms with Crippen LogP contribution in [0.3, 0.4) is 0 Å². The maximum Gasteiger partial charge on any atom is 0.331 e. The molecule has 0 radical (unpaired) electrons. The van der Waals surface area contributed by atoms with Crippen molar-refractivity contribution < 1.29 is 8.42 Å². The van der Waals surface area contributed by atoms with Crippen LogP contribution in [-0.2, 0) is 29.7 Å². The number of aromatic amines is 1. The molecule has 1 saturated heterocycles. The number of rotatable bonds is 7. The van der Waals surface area contributed by atoms with Gasteiger partial charge in [-0.25, -0.2) is 13.2 Å². The Kier molecular flexibility index (Phi) is 7.27. The minimum atomic E-state index is -3.66. The highest BCUT2D eigenvalue weighted by molar-refractivity contribution is 7.89. The SMILES string of the molecule is CCn1c(=O)c2[nH]c(-c3ccc(S(=O)(=O)N4CCN(Cc5ccc(C#N)cc5)CC4)cc3)cc2n(CC)c1=O. The van der Waals surface area contributed by atoms with Gasteiger partial charge in [0.25, 0.3) is 5.56 Å². The number of fused-ring (bicyclic) bond motifs is 1. The van der Waals surface area contributed by atoms with Gasteiger partial charge in [0.1, 0.15) is 5.52 Å². The molecule has 2 aromatic heterocycles. The molecular formula is C28H30N6O4S. The van der Waals surface area contributed by atoms with E-state index in [0.717, 1.165) is 11.1 Å². The Morgan fingerprint density at radius 1 is 0.897 bits per heavy atom. The van der Waals surface area contributed by atoms with Crippen LogP contribution >= 0.6 is 0 Å². The number of sulfonamides is 1. The molecule has 1 aliphatic heterocycles. The van der Waals surface area contributed by atoms with Gasteiger partial charge in [0, 0.05) is 51.5 Å². The summed E-state index contributed by atoms with van der Waals surface area (Å²) in [6.07, 6.45) is 0. The number of nitriles is 1. The lowest BCUT2D eigenvalue weighted by atomic mass is 10.1. The predicted molar refractivity (Wildman–Crippen MR) is 149 cm³/mol. The number of benzene rings is 2. The molecule has 0 bridgehead atoms. The Hall–Kier alpha value is -3.98. The van der Waals surface area contributed by atoms with Crippen LogP contribution in [0.1, 0.15) is 25.0 Å². The zero-order chi connectivity index (χ0) is 27.7. The standard InChI is InChI=1S/C28H30N6O4S/c1-3-33-25-17-24(30-26(25)27(35)34(4-2)28(33)36)22-9-11-23(12-10-22)39(37,38)32-15-13-31(14-16-32)19-21-7-5-20(18-29)6-8-21/h5-12,17,30H,3-4,13-16,19H2,1-2H3. The summed E-state index contributed by atoms with van der Waals surface area (Å²) in [5.41, 5.74) is 3.22. The minimum Gasteiger partial charge on any atom is -0.349 e. The summed E-state index contributed by atoms with van der Waals surface area (Å²) in [6, 6.07) is 17.9. The molecule has 202 valence electrons. The fourth-order valence-corrected chi connectivity index (χ4v) is 6.48. The van der Waals surface area contributed by atoms with Crippen LogP contribution in [0.4, 0.5) is 0 Å². The molecule has 11 heteroatoms. The van der Waals surface area contributed by atoms with E-state index in [4.69, 9.17) is 5.26 Å². The van der Waals surface area contributed by atoms with E-state index in [9.17, 15) is 18.0 Å². The van der Waals surface area contributed by atoms with Crippen molar-refractivity contribution in [1.29, 1.82) is 5.26 Å². The maximum atomic E-state index is 13.3. The Balaban J connectivity index is 1.32. The fourth-order valence-electron chi connectivity index (χ4n) is 5.06. The van der Waals surface area contributed by atoms with Gasteiger partial charge in [-0.2, -0.15) is 9.57 Å². The van der Waals surface area contributed by atoms with Crippen molar-refractivity contribution in [2.45, 2.75) is 38.4 Å². The molecule has 1 aliphatic rings. The first kappa shape index (κ1) is 26.6. The number of aromatic nitrogens is 3. The predicted octanol–water partition coefficient (Wildman–Crippen LogP) is 2.58. The third kappa shape index (κ3) is 4.94. The number of H-pyrrole nitrogens is 1. The number of nitrogens with zero attached hydrogens (tertiary/aromatic N) is 5. The van der Waals surface area contributed by atoms with E-state index in [1.807, 2.05) is 19.1 Å². The average molecular weight is 547 g/mol. The van der Waals surface area contributed by atoms with Gasteiger partial charge in [-0.3, -0.25) is 18.8 Å². The van der Waals surface area contributed by atoms with Crippen LogP contribution in [0.15, 0.2) is 69.1 Å². The van der Waals surface area contributed by atoms with Gasteiger partial charge in [0.2, 0.25) is 10.0 Å². The summed E-state index contributed by atoms with van der Waals surface area (Å²) in [5, 5.41) is 8.96. The number of hydrogen-bond donors (Lipinski definition) is 1. The molecule has 1 fully saturated rings. The van der Waals surface area contributed by atoms with Crippen LogP contribution in [0.2, 0.25) is 0 Å². The molecule has 1 N–H and O–H groups in total. The zero-order valence-electron chi connectivity index (χ0n) is 21.9. The van der Waals surface area contributed by atoms with E-state index in [0.29, 0.717) is 61.6 Å². The molecular weight excluding hydrogens is 516 g/mol. The zero-order valence-corrected chi connectivity index (χ0v) is 22.7. The van der Waals surface area contributed by atoms with Gasteiger partial charge in [0.15, 0.2) is 0 Å². The normalized spacial score (nSPS) is 15.0. The molecule has 39 heavy (non-hydrogen) atoms. The molecule has 10 nitrogen and oxygen atoms in total. The van der Waals surface area contributed by atoms with Crippen molar-refractivity contribution in [3.8, 4) is 17.3 Å². The summed E-state index contributed by atoms with van der Waals surface area (Å²) in [6.45, 7) is 7.01. The van der Waals surface area contributed by atoms with Crippen LogP contribution in [0.5, 0.6) is 0 Å². The Morgan fingerprint density at radius 3 is 2.13 bits per heavy atom. The van der Waals surface area contributed by atoms with Gasteiger partial charge < -0.3 is 4.98 Å². The van der Waals surface area contributed by atoms with E-state index < -0.39 is 10.0 Å². The van der Waals surface area contributed by atoms with Crippen molar-refractivity contribution in [1.82, 2.24) is 23.3 Å². The molecule has 0 amide bonds. The first-order valence-electron chi connectivity index (χ1n) is 12.9. The second-order valence-electron chi connectivity index (χ2n) is 9.53. The molecule has 4 aromatic rings. The monoisotopic (exact) mass is 546 g/mol. The van der Waals surface area contributed by atoms with Crippen molar-refractivity contribution in [2.75, 3.05) is 26.2 Å². The molecule has 5 rings (SSSR count). The van der Waals surface area contributed by atoms with Gasteiger partial charge in [-0.15, -0.1) is 0 Å². The lowest BCUT2D eigenvalue weighted by molar-refractivity contribution is 0.181. The highest BCUT2D eigenvalue weighted by Crippen LogP contribution is 2.25. The number of nitrogens with one attached hydrogen (secondary N) is 1. The largest absolute Gasteiger partial charge is 0.349 e. The van der Waals surface area contributed by atoms with E-state index in [2.05, 4.69) is 16.0 Å². The molecule has 3 heterocycles. The molecule has 0 saturated carbocycles. The molecule has 0 aliphatic carbocycles. The highest BCUT2D eigenvalue weighted by Gasteiger charge is 2.28. The van der Waals surface area contributed by atoms with Crippen LogP contribution in [-0.4, -0.2) is 57.9 Å².